The van der Waals surface area contributed by atoms with Gasteiger partial charge in [-0.3, -0.25) is 4.79 Å². The molecular weight excluding hydrogens is 300 g/mol. The second-order valence-corrected chi connectivity index (χ2v) is 5.87. The Hall–Kier alpha value is -2.28. The largest absolute Gasteiger partial charge is 0.322 e. The molecule has 2 heterocycles. The lowest BCUT2D eigenvalue weighted by molar-refractivity contribution is 0.205. The number of fused-ring (bicyclic) bond motifs is 1. The van der Waals surface area contributed by atoms with E-state index < -0.39 is 0 Å². The molecule has 6 nitrogen and oxygen atoms in total. The first-order valence-electron chi connectivity index (χ1n) is 6.93. The quantitative estimate of drug-likeness (QED) is 0.832. The molecule has 0 saturated carbocycles. The highest BCUT2D eigenvalue weighted by Gasteiger charge is 2.23. The summed E-state index contributed by atoms with van der Waals surface area (Å²) < 4.78 is 0. The topological polar surface area (TPSA) is 78.1 Å². The van der Waals surface area contributed by atoms with Crippen LogP contribution in [0.2, 0.25) is 0 Å². The van der Waals surface area contributed by atoms with Gasteiger partial charge in [0, 0.05) is 22.7 Å². The minimum Gasteiger partial charge on any atom is -0.318 e. The van der Waals surface area contributed by atoms with Gasteiger partial charge in [0.1, 0.15) is 0 Å². The number of hydrogen-bond acceptors (Lipinski definition) is 4. The standard InChI is InChI=1S/C15H16N4O2S/c1-22-11-4-2-10(3-5-11)18-15(21)19-7-6-12-13(8-19)16-9-17-14(12)20/h2-5,9H,6-8H2,1H3,(H,18,21)(H,16,17,20). The molecule has 0 atom stereocenters. The van der Waals surface area contributed by atoms with Gasteiger partial charge in [-0.1, -0.05) is 0 Å². The maximum absolute atomic E-state index is 12.3. The molecule has 22 heavy (non-hydrogen) atoms. The lowest BCUT2D eigenvalue weighted by Gasteiger charge is -2.27. The summed E-state index contributed by atoms with van der Waals surface area (Å²) >= 11 is 1.65. The number of thioether (sulfide) groups is 1. The van der Waals surface area contributed by atoms with Crippen LogP contribution in [0.3, 0.4) is 0 Å². The Morgan fingerprint density at radius 1 is 1.36 bits per heavy atom. The van der Waals surface area contributed by atoms with Crippen molar-refractivity contribution in [2.75, 3.05) is 18.1 Å². The third-order valence-corrected chi connectivity index (χ3v) is 4.38. The van der Waals surface area contributed by atoms with E-state index in [2.05, 4.69) is 15.3 Å². The molecule has 0 aliphatic carbocycles. The van der Waals surface area contributed by atoms with E-state index in [9.17, 15) is 9.59 Å². The van der Waals surface area contributed by atoms with Gasteiger partial charge in [-0.2, -0.15) is 0 Å². The Kier molecular flexibility index (Phi) is 4.15. The van der Waals surface area contributed by atoms with Crippen molar-refractivity contribution in [3.05, 3.63) is 52.2 Å². The number of carbonyl (C=O) groups excluding carboxylic acids is 1. The fourth-order valence-electron chi connectivity index (χ4n) is 2.42. The summed E-state index contributed by atoms with van der Waals surface area (Å²) in [5.41, 5.74) is 1.99. The minimum absolute atomic E-state index is 0.113. The van der Waals surface area contributed by atoms with Gasteiger partial charge in [-0.05, 0) is 36.9 Å². The maximum atomic E-state index is 12.3. The number of urea groups is 1. The van der Waals surface area contributed by atoms with Crippen molar-refractivity contribution in [2.45, 2.75) is 17.9 Å². The molecule has 0 spiro atoms. The van der Waals surface area contributed by atoms with Gasteiger partial charge in [0.2, 0.25) is 0 Å². The van der Waals surface area contributed by atoms with Gasteiger partial charge in [0.25, 0.3) is 5.56 Å². The SMILES string of the molecule is CSc1ccc(NC(=O)N2CCc3c(nc[nH]c3=O)C2)cc1. The molecule has 0 radical (unpaired) electrons. The number of nitrogens with one attached hydrogen (secondary N) is 2. The number of aromatic nitrogens is 2. The molecule has 3 rings (SSSR count). The maximum Gasteiger partial charge on any atom is 0.322 e. The second kappa shape index (κ2) is 6.23. The van der Waals surface area contributed by atoms with Gasteiger partial charge in [-0.15, -0.1) is 11.8 Å². The van der Waals surface area contributed by atoms with Crippen LogP contribution in [-0.2, 0) is 13.0 Å². The van der Waals surface area contributed by atoms with E-state index in [1.807, 2.05) is 30.5 Å². The van der Waals surface area contributed by atoms with E-state index in [1.165, 1.54) is 6.33 Å². The number of benzene rings is 1. The summed E-state index contributed by atoms with van der Waals surface area (Å²) in [5, 5.41) is 2.87. The highest BCUT2D eigenvalue weighted by atomic mass is 32.2. The molecule has 0 bridgehead atoms. The zero-order chi connectivity index (χ0) is 15.5. The molecule has 1 aromatic carbocycles. The normalized spacial score (nSPS) is 13.6. The molecule has 0 fully saturated rings. The fraction of sp³-hybridized carbons (Fsp3) is 0.267. The summed E-state index contributed by atoms with van der Waals surface area (Å²) in [5.74, 6) is 0. The first-order valence-corrected chi connectivity index (χ1v) is 8.15. The molecule has 1 aliphatic rings. The number of amides is 2. The number of H-pyrrole nitrogens is 1. The molecule has 2 amide bonds. The van der Waals surface area contributed by atoms with Crippen LogP contribution in [0.1, 0.15) is 11.3 Å². The van der Waals surface area contributed by atoms with Crippen LogP contribution >= 0.6 is 11.8 Å². The third-order valence-electron chi connectivity index (χ3n) is 3.64. The van der Waals surface area contributed by atoms with Crippen LogP contribution in [0.25, 0.3) is 0 Å². The number of carbonyl (C=O) groups is 1. The van der Waals surface area contributed by atoms with Gasteiger partial charge in [0.05, 0.1) is 18.6 Å². The van der Waals surface area contributed by atoms with Crippen molar-refractivity contribution in [2.24, 2.45) is 0 Å². The fourth-order valence-corrected chi connectivity index (χ4v) is 2.82. The van der Waals surface area contributed by atoms with Crippen LogP contribution in [0, 0.1) is 0 Å². The van der Waals surface area contributed by atoms with E-state index in [-0.39, 0.29) is 11.6 Å². The molecule has 2 N–H and O–H groups in total. The zero-order valence-corrected chi connectivity index (χ0v) is 12.9. The average Bonchev–Trinajstić information content (AvgIpc) is 2.55. The van der Waals surface area contributed by atoms with E-state index in [4.69, 9.17) is 0 Å². The Labute approximate surface area is 132 Å². The zero-order valence-electron chi connectivity index (χ0n) is 12.1. The molecule has 1 aliphatic heterocycles. The Balaban J connectivity index is 1.69. The predicted molar refractivity (Wildman–Crippen MR) is 86.2 cm³/mol. The number of anilines is 1. The smallest absolute Gasteiger partial charge is 0.318 e. The van der Waals surface area contributed by atoms with Crippen molar-refractivity contribution in [1.29, 1.82) is 0 Å². The summed E-state index contributed by atoms with van der Waals surface area (Å²) in [4.78, 5) is 33.5. The molecule has 2 aromatic rings. The Bertz CT molecular complexity index is 742. The summed E-state index contributed by atoms with van der Waals surface area (Å²) in [6.07, 6.45) is 3.91. The second-order valence-electron chi connectivity index (χ2n) is 4.99. The molecule has 1 aromatic heterocycles. The lowest BCUT2D eigenvalue weighted by atomic mass is 10.1. The van der Waals surface area contributed by atoms with Crippen molar-refractivity contribution >= 4 is 23.5 Å². The van der Waals surface area contributed by atoms with Gasteiger partial charge in [0.15, 0.2) is 0 Å². The molecule has 0 saturated heterocycles. The van der Waals surface area contributed by atoms with Crippen LogP contribution in [0.4, 0.5) is 10.5 Å². The van der Waals surface area contributed by atoms with Crippen LogP contribution in [-0.4, -0.2) is 33.7 Å². The van der Waals surface area contributed by atoms with Gasteiger partial charge in [-0.25, -0.2) is 9.78 Å². The van der Waals surface area contributed by atoms with E-state index in [0.29, 0.717) is 30.8 Å². The molecule has 114 valence electrons. The first kappa shape index (κ1) is 14.6. The number of hydrogen-bond donors (Lipinski definition) is 2. The van der Waals surface area contributed by atoms with Crippen molar-refractivity contribution < 1.29 is 4.79 Å². The monoisotopic (exact) mass is 316 g/mol. The van der Waals surface area contributed by atoms with Crippen molar-refractivity contribution in [3.8, 4) is 0 Å². The predicted octanol–water partition coefficient (Wildman–Crippen LogP) is 2.08. The molecular formula is C15H16N4O2S. The lowest BCUT2D eigenvalue weighted by Crippen LogP contribution is -2.41. The first-order chi connectivity index (χ1) is 10.7. The number of aromatic amines is 1. The van der Waals surface area contributed by atoms with E-state index in [1.54, 1.807) is 16.7 Å². The highest BCUT2D eigenvalue weighted by Crippen LogP contribution is 2.19. The number of nitrogens with zero attached hydrogens (tertiary/aromatic N) is 2. The average molecular weight is 316 g/mol. The Morgan fingerprint density at radius 2 is 2.14 bits per heavy atom. The van der Waals surface area contributed by atoms with E-state index in [0.717, 1.165) is 10.6 Å². The highest BCUT2D eigenvalue weighted by molar-refractivity contribution is 7.98. The molecule has 7 heteroatoms. The van der Waals surface area contributed by atoms with Crippen LogP contribution in [0.5, 0.6) is 0 Å². The minimum atomic E-state index is -0.176. The third kappa shape index (κ3) is 2.99. The van der Waals surface area contributed by atoms with Gasteiger partial charge >= 0.3 is 6.03 Å². The number of rotatable bonds is 2. The van der Waals surface area contributed by atoms with Crippen LogP contribution in [0.15, 0.2) is 40.3 Å². The van der Waals surface area contributed by atoms with E-state index >= 15 is 0 Å². The Morgan fingerprint density at radius 3 is 2.86 bits per heavy atom. The van der Waals surface area contributed by atoms with Crippen molar-refractivity contribution in [1.82, 2.24) is 14.9 Å². The summed E-state index contributed by atoms with van der Waals surface area (Å²) in [6, 6.07) is 7.51. The van der Waals surface area contributed by atoms with Crippen molar-refractivity contribution in [3.63, 3.8) is 0 Å². The summed E-state index contributed by atoms with van der Waals surface area (Å²) in [7, 11) is 0. The van der Waals surface area contributed by atoms with Crippen LogP contribution < -0.4 is 10.9 Å². The molecule has 0 unspecified atom stereocenters. The van der Waals surface area contributed by atoms with Gasteiger partial charge < -0.3 is 15.2 Å². The summed E-state index contributed by atoms with van der Waals surface area (Å²) in [6.45, 7) is 0.866.